The highest BCUT2D eigenvalue weighted by Gasteiger charge is 2.08. The maximum atomic E-state index is 5.68. The first-order chi connectivity index (χ1) is 8.31. The zero-order valence-electron chi connectivity index (χ0n) is 10.3. The van der Waals surface area contributed by atoms with Crippen molar-refractivity contribution in [2.75, 3.05) is 13.1 Å². The molecule has 2 heterocycles. The number of hydrogen-bond acceptors (Lipinski definition) is 4. The van der Waals surface area contributed by atoms with Crippen LogP contribution in [-0.4, -0.2) is 27.9 Å². The van der Waals surface area contributed by atoms with E-state index >= 15 is 0 Å². The lowest BCUT2D eigenvalue weighted by molar-refractivity contribution is 0.491. The van der Waals surface area contributed by atoms with Gasteiger partial charge in [-0.1, -0.05) is 6.92 Å². The second-order valence-electron chi connectivity index (χ2n) is 3.96. The lowest BCUT2D eigenvalue weighted by Gasteiger charge is -1.99. The molecule has 0 aliphatic carbocycles. The molecule has 0 fully saturated rings. The third-order valence-corrected chi connectivity index (χ3v) is 2.57. The van der Waals surface area contributed by atoms with E-state index < -0.39 is 0 Å². The number of aromatic nitrogens is 3. The van der Waals surface area contributed by atoms with Gasteiger partial charge in [0.1, 0.15) is 5.69 Å². The molecule has 0 spiro atoms. The molecule has 0 amide bonds. The normalized spacial score (nSPS) is 10.9. The van der Waals surface area contributed by atoms with Crippen molar-refractivity contribution in [3.05, 3.63) is 24.4 Å². The topological polar surface area (TPSA) is 55.9 Å². The smallest absolute Gasteiger partial charge is 0.196 e. The molecule has 0 radical (unpaired) electrons. The highest BCUT2D eigenvalue weighted by Crippen LogP contribution is 2.18. The Morgan fingerprint density at radius 2 is 2.29 bits per heavy atom. The standard InChI is InChI=1S/C12H18N4O/c1-3-6-13-7-5-12-14-9-11(17-12)10-4-8-15-16(10)2/h4,8-9,13H,3,5-7H2,1-2H3. The number of nitrogens with one attached hydrogen (secondary N) is 1. The maximum Gasteiger partial charge on any atom is 0.196 e. The fourth-order valence-corrected chi connectivity index (χ4v) is 1.66. The monoisotopic (exact) mass is 234 g/mol. The van der Waals surface area contributed by atoms with Gasteiger partial charge in [0.2, 0.25) is 0 Å². The van der Waals surface area contributed by atoms with Crippen molar-refractivity contribution >= 4 is 0 Å². The SMILES string of the molecule is CCCNCCc1ncc(-c2ccnn2C)o1. The summed E-state index contributed by atoms with van der Waals surface area (Å²) < 4.78 is 7.45. The summed E-state index contributed by atoms with van der Waals surface area (Å²) >= 11 is 0. The molecule has 0 aliphatic heterocycles. The third-order valence-electron chi connectivity index (χ3n) is 2.57. The molecule has 2 aromatic heterocycles. The molecule has 2 rings (SSSR count). The predicted octanol–water partition coefficient (Wildman–Crippen LogP) is 1.62. The van der Waals surface area contributed by atoms with Crippen LogP contribution in [0.2, 0.25) is 0 Å². The van der Waals surface area contributed by atoms with Crippen molar-refractivity contribution in [3.63, 3.8) is 0 Å². The second kappa shape index (κ2) is 5.63. The van der Waals surface area contributed by atoms with Crippen molar-refractivity contribution in [2.45, 2.75) is 19.8 Å². The van der Waals surface area contributed by atoms with Gasteiger partial charge in [-0.25, -0.2) is 4.98 Å². The summed E-state index contributed by atoms with van der Waals surface area (Å²) in [6.45, 7) is 4.09. The minimum Gasteiger partial charge on any atom is -0.439 e. The van der Waals surface area contributed by atoms with Crippen molar-refractivity contribution in [2.24, 2.45) is 7.05 Å². The molecule has 0 atom stereocenters. The van der Waals surface area contributed by atoms with Gasteiger partial charge in [-0.05, 0) is 19.0 Å². The van der Waals surface area contributed by atoms with E-state index in [2.05, 4.69) is 22.3 Å². The molecular formula is C12H18N4O. The van der Waals surface area contributed by atoms with Crippen LogP contribution in [0.1, 0.15) is 19.2 Å². The quantitative estimate of drug-likeness (QED) is 0.772. The molecule has 0 saturated heterocycles. The fraction of sp³-hybridized carbons (Fsp3) is 0.500. The van der Waals surface area contributed by atoms with Gasteiger partial charge in [-0.15, -0.1) is 0 Å². The summed E-state index contributed by atoms with van der Waals surface area (Å²) in [5, 5.41) is 7.43. The number of nitrogens with zero attached hydrogens (tertiary/aromatic N) is 3. The van der Waals surface area contributed by atoms with E-state index in [0.29, 0.717) is 0 Å². The molecule has 0 aliphatic rings. The van der Waals surface area contributed by atoms with E-state index in [1.54, 1.807) is 17.1 Å². The van der Waals surface area contributed by atoms with Crippen LogP contribution in [0, 0.1) is 0 Å². The van der Waals surface area contributed by atoms with Gasteiger partial charge in [0.15, 0.2) is 11.7 Å². The van der Waals surface area contributed by atoms with Crippen LogP contribution in [0.3, 0.4) is 0 Å². The first kappa shape index (κ1) is 11.9. The molecule has 2 aromatic rings. The number of oxazole rings is 1. The average molecular weight is 234 g/mol. The van der Waals surface area contributed by atoms with E-state index in [0.717, 1.165) is 43.3 Å². The Kier molecular flexibility index (Phi) is 3.93. The number of rotatable bonds is 6. The van der Waals surface area contributed by atoms with Crippen molar-refractivity contribution in [1.29, 1.82) is 0 Å². The molecule has 92 valence electrons. The first-order valence-corrected chi connectivity index (χ1v) is 5.95. The Labute approximate surface area is 101 Å². The molecular weight excluding hydrogens is 216 g/mol. The summed E-state index contributed by atoms with van der Waals surface area (Å²) in [5.74, 6) is 1.54. The average Bonchev–Trinajstić information content (AvgIpc) is 2.93. The van der Waals surface area contributed by atoms with Gasteiger partial charge >= 0.3 is 0 Å². The zero-order valence-corrected chi connectivity index (χ0v) is 10.3. The first-order valence-electron chi connectivity index (χ1n) is 5.95. The number of hydrogen-bond donors (Lipinski definition) is 1. The summed E-state index contributed by atoms with van der Waals surface area (Å²) in [6, 6.07) is 1.92. The van der Waals surface area contributed by atoms with Gasteiger partial charge in [-0.3, -0.25) is 4.68 Å². The molecule has 0 bridgehead atoms. The lowest BCUT2D eigenvalue weighted by Crippen LogP contribution is -2.17. The molecule has 0 aromatic carbocycles. The largest absolute Gasteiger partial charge is 0.439 e. The highest BCUT2D eigenvalue weighted by molar-refractivity contribution is 5.50. The van der Waals surface area contributed by atoms with Gasteiger partial charge in [-0.2, -0.15) is 5.10 Å². The zero-order chi connectivity index (χ0) is 12.1. The second-order valence-corrected chi connectivity index (χ2v) is 3.96. The van der Waals surface area contributed by atoms with Crippen LogP contribution in [0.5, 0.6) is 0 Å². The van der Waals surface area contributed by atoms with Crippen LogP contribution < -0.4 is 5.32 Å². The molecule has 1 N–H and O–H groups in total. The minimum atomic E-state index is 0.768. The lowest BCUT2D eigenvalue weighted by atomic mass is 10.3. The van der Waals surface area contributed by atoms with Crippen LogP contribution in [0.4, 0.5) is 0 Å². The fourth-order valence-electron chi connectivity index (χ4n) is 1.66. The van der Waals surface area contributed by atoms with E-state index in [4.69, 9.17) is 4.42 Å². The molecule has 17 heavy (non-hydrogen) atoms. The molecule has 5 heteroatoms. The van der Waals surface area contributed by atoms with E-state index in [1.165, 1.54) is 0 Å². The van der Waals surface area contributed by atoms with Crippen molar-refractivity contribution in [1.82, 2.24) is 20.1 Å². The van der Waals surface area contributed by atoms with E-state index in [9.17, 15) is 0 Å². The number of aryl methyl sites for hydroxylation is 1. The van der Waals surface area contributed by atoms with Crippen LogP contribution >= 0.6 is 0 Å². The summed E-state index contributed by atoms with van der Waals surface area (Å²) in [4.78, 5) is 4.26. The van der Waals surface area contributed by atoms with Gasteiger partial charge in [0, 0.05) is 26.2 Å². The molecule has 5 nitrogen and oxygen atoms in total. The Bertz CT molecular complexity index is 461. The maximum absolute atomic E-state index is 5.68. The van der Waals surface area contributed by atoms with Crippen LogP contribution in [0.15, 0.2) is 22.9 Å². The summed E-state index contributed by atoms with van der Waals surface area (Å²) in [7, 11) is 1.89. The van der Waals surface area contributed by atoms with Crippen molar-refractivity contribution in [3.8, 4) is 11.5 Å². The van der Waals surface area contributed by atoms with Gasteiger partial charge < -0.3 is 9.73 Å². The van der Waals surface area contributed by atoms with Crippen LogP contribution in [-0.2, 0) is 13.5 Å². The Morgan fingerprint density at radius 1 is 1.41 bits per heavy atom. The van der Waals surface area contributed by atoms with Crippen LogP contribution in [0.25, 0.3) is 11.5 Å². The van der Waals surface area contributed by atoms with E-state index in [-0.39, 0.29) is 0 Å². The van der Waals surface area contributed by atoms with Crippen molar-refractivity contribution < 1.29 is 4.42 Å². The summed E-state index contributed by atoms with van der Waals surface area (Å²) in [5.41, 5.74) is 0.949. The molecule has 0 unspecified atom stereocenters. The third kappa shape index (κ3) is 2.94. The Morgan fingerprint density at radius 3 is 3.00 bits per heavy atom. The predicted molar refractivity (Wildman–Crippen MR) is 65.6 cm³/mol. The Balaban J connectivity index is 1.95. The van der Waals surface area contributed by atoms with Gasteiger partial charge in [0.25, 0.3) is 0 Å². The van der Waals surface area contributed by atoms with Gasteiger partial charge in [0.05, 0.1) is 6.20 Å². The Hall–Kier alpha value is -1.62. The molecule has 0 saturated carbocycles. The summed E-state index contributed by atoms with van der Waals surface area (Å²) in [6.07, 6.45) is 5.47. The minimum absolute atomic E-state index is 0.768. The highest BCUT2D eigenvalue weighted by atomic mass is 16.4. The van der Waals surface area contributed by atoms with E-state index in [1.807, 2.05) is 13.1 Å².